The van der Waals surface area contributed by atoms with Crippen LogP contribution in [0, 0.1) is 28.6 Å². The van der Waals surface area contributed by atoms with Crippen molar-refractivity contribution in [2.75, 3.05) is 7.05 Å². The summed E-state index contributed by atoms with van der Waals surface area (Å²) < 4.78 is 0. The van der Waals surface area contributed by atoms with Gasteiger partial charge in [-0.25, -0.2) is 0 Å². The van der Waals surface area contributed by atoms with Gasteiger partial charge in [-0.1, -0.05) is 13.8 Å². The maximum Gasteiger partial charge on any atom is 0.226 e. The Kier molecular flexibility index (Phi) is 2.01. The molecule has 0 saturated heterocycles. The predicted octanol–water partition coefficient (Wildman–Crippen LogP) is 2.58. The fraction of sp³-hybridized carbons (Fsp3) is 0.929. The Labute approximate surface area is 98.2 Å². The van der Waals surface area contributed by atoms with Gasteiger partial charge >= 0.3 is 0 Å². The van der Waals surface area contributed by atoms with Gasteiger partial charge in [-0.3, -0.25) is 4.79 Å². The molecule has 0 radical (unpaired) electrons. The molecule has 5 atom stereocenters. The molecule has 0 aromatic rings. The number of amides is 1. The van der Waals surface area contributed by atoms with Crippen molar-refractivity contribution in [3.05, 3.63) is 0 Å². The topological polar surface area (TPSA) is 29.1 Å². The lowest BCUT2D eigenvalue weighted by atomic mass is 9.41. The molecule has 3 unspecified atom stereocenters. The van der Waals surface area contributed by atoms with E-state index in [0.29, 0.717) is 11.3 Å². The lowest BCUT2D eigenvalue weighted by molar-refractivity contribution is -0.167. The van der Waals surface area contributed by atoms with Crippen LogP contribution in [-0.4, -0.2) is 13.0 Å². The van der Waals surface area contributed by atoms with E-state index in [1.54, 1.807) is 7.05 Å². The standard InChI is InChI=1S/C14H23NO/c1-9-11-4-10-5-13(9,2)8-14(6-10,7-11)12(16)15-3/h9-11H,4-8H2,1-3H3,(H,15,16)/t9-,10?,11?,13?,14-/m0/s1. The van der Waals surface area contributed by atoms with E-state index in [2.05, 4.69) is 19.2 Å². The third-order valence-corrected chi connectivity index (χ3v) is 5.98. The zero-order valence-corrected chi connectivity index (χ0v) is 10.7. The van der Waals surface area contributed by atoms with E-state index in [9.17, 15) is 4.79 Å². The monoisotopic (exact) mass is 221 g/mol. The van der Waals surface area contributed by atoms with Gasteiger partial charge in [0.1, 0.15) is 0 Å². The molecule has 1 amide bonds. The van der Waals surface area contributed by atoms with Gasteiger partial charge in [0.05, 0.1) is 5.41 Å². The van der Waals surface area contributed by atoms with Gasteiger partial charge in [0.2, 0.25) is 5.91 Å². The summed E-state index contributed by atoms with van der Waals surface area (Å²) >= 11 is 0. The lowest BCUT2D eigenvalue weighted by Crippen LogP contribution is -2.59. The Balaban J connectivity index is 1.98. The van der Waals surface area contributed by atoms with Crippen molar-refractivity contribution in [3.63, 3.8) is 0 Å². The molecule has 16 heavy (non-hydrogen) atoms. The number of hydrogen-bond donors (Lipinski definition) is 1. The molecular formula is C14H23NO. The summed E-state index contributed by atoms with van der Waals surface area (Å²) in [4.78, 5) is 12.2. The van der Waals surface area contributed by atoms with Crippen LogP contribution in [0.4, 0.5) is 0 Å². The molecule has 4 rings (SSSR count). The average molecular weight is 221 g/mol. The number of carbonyl (C=O) groups is 1. The second kappa shape index (κ2) is 3.02. The van der Waals surface area contributed by atoms with Crippen molar-refractivity contribution >= 4 is 5.91 Å². The first kappa shape index (κ1) is 10.6. The Morgan fingerprint density at radius 1 is 1.31 bits per heavy atom. The van der Waals surface area contributed by atoms with Crippen molar-refractivity contribution < 1.29 is 4.79 Å². The SMILES string of the molecule is CNC(=O)[C@@]12CC3CC(C1)[C@H](C)C(C)(C3)C2. The van der Waals surface area contributed by atoms with Crippen molar-refractivity contribution in [3.8, 4) is 0 Å². The first-order chi connectivity index (χ1) is 7.49. The third kappa shape index (κ3) is 1.16. The largest absolute Gasteiger partial charge is 0.359 e. The molecule has 2 nitrogen and oxygen atoms in total. The van der Waals surface area contributed by atoms with Gasteiger partial charge in [0.25, 0.3) is 0 Å². The molecule has 0 aliphatic heterocycles. The van der Waals surface area contributed by atoms with Crippen molar-refractivity contribution in [1.82, 2.24) is 5.32 Å². The summed E-state index contributed by atoms with van der Waals surface area (Å²) in [6.07, 6.45) is 6.19. The zero-order chi connectivity index (χ0) is 11.6. The van der Waals surface area contributed by atoms with E-state index in [1.807, 2.05) is 0 Å². The number of hydrogen-bond acceptors (Lipinski definition) is 1. The van der Waals surface area contributed by atoms with E-state index in [0.717, 1.165) is 37.0 Å². The average Bonchev–Trinajstić information content (AvgIpc) is 2.23. The quantitative estimate of drug-likeness (QED) is 0.724. The summed E-state index contributed by atoms with van der Waals surface area (Å²) in [6.45, 7) is 4.84. The molecule has 4 fully saturated rings. The molecule has 4 bridgehead atoms. The highest BCUT2D eigenvalue weighted by Crippen LogP contribution is 2.67. The Morgan fingerprint density at radius 3 is 2.69 bits per heavy atom. The van der Waals surface area contributed by atoms with Crippen molar-refractivity contribution in [1.29, 1.82) is 0 Å². The zero-order valence-electron chi connectivity index (χ0n) is 10.7. The summed E-state index contributed by atoms with van der Waals surface area (Å²) in [7, 11) is 1.80. The summed E-state index contributed by atoms with van der Waals surface area (Å²) in [6, 6.07) is 0. The van der Waals surface area contributed by atoms with Crippen LogP contribution in [-0.2, 0) is 4.79 Å². The molecular weight excluding hydrogens is 198 g/mol. The molecule has 4 saturated carbocycles. The number of nitrogens with one attached hydrogen (secondary N) is 1. The highest BCUT2D eigenvalue weighted by molar-refractivity contribution is 5.83. The predicted molar refractivity (Wildman–Crippen MR) is 63.8 cm³/mol. The number of rotatable bonds is 1. The maximum atomic E-state index is 12.2. The van der Waals surface area contributed by atoms with E-state index in [4.69, 9.17) is 0 Å². The second-order valence-corrected chi connectivity index (χ2v) is 6.95. The van der Waals surface area contributed by atoms with Gasteiger partial charge in [-0.05, 0) is 55.3 Å². The molecule has 4 aliphatic rings. The molecule has 0 aromatic heterocycles. The molecule has 0 heterocycles. The van der Waals surface area contributed by atoms with Gasteiger partial charge in [-0.15, -0.1) is 0 Å². The maximum absolute atomic E-state index is 12.2. The highest BCUT2D eigenvalue weighted by Gasteiger charge is 2.61. The Morgan fingerprint density at radius 2 is 2.06 bits per heavy atom. The Bertz CT molecular complexity index is 340. The van der Waals surface area contributed by atoms with Crippen molar-refractivity contribution in [2.45, 2.75) is 46.0 Å². The van der Waals surface area contributed by atoms with Crippen LogP contribution in [0.3, 0.4) is 0 Å². The van der Waals surface area contributed by atoms with Crippen LogP contribution >= 0.6 is 0 Å². The smallest absolute Gasteiger partial charge is 0.226 e. The van der Waals surface area contributed by atoms with Crippen LogP contribution in [0.5, 0.6) is 0 Å². The summed E-state index contributed by atoms with van der Waals surface area (Å²) in [5.41, 5.74) is 0.443. The van der Waals surface area contributed by atoms with Gasteiger partial charge < -0.3 is 5.32 Å². The first-order valence-corrected chi connectivity index (χ1v) is 6.71. The van der Waals surface area contributed by atoms with Gasteiger partial charge in [0.15, 0.2) is 0 Å². The minimum absolute atomic E-state index is 0.00183. The highest BCUT2D eigenvalue weighted by atomic mass is 16.2. The van der Waals surface area contributed by atoms with Gasteiger partial charge in [0, 0.05) is 7.05 Å². The van der Waals surface area contributed by atoms with Crippen LogP contribution < -0.4 is 5.32 Å². The van der Waals surface area contributed by atoms with E-state index in [-0.39, 0.29) is 5.41 Å². The van der Waals surface area contributed by atoms with E-state index < -0.39 is 0 Å². The fourth-order valence-electron chi connectivity index (χ4n) is 5.36. The molecule has 4 aliphatic carbocycles. The minimum atomic E-state index is 0.00183. The van der Waals surface area contributed by atoms with Crippen LogP contribution in [0.15, 0.2) is 0 Å². The molecule has 90 valence electrons. The molecule has 2 heteroatoms. The molecule has 1 N–H and O–H groups in total. The molecule has 0 spiro atoms. The first-order valence-electron chi connectivity index (χ1n) is 6.71. The second-order valence-electron chi connectivity index (χ2n) is 6.95. The lowest BCUT2D eigenvalue weighted by Gasteiger charge is -2.63. The van der Waals surface area contributed by atoms with Crippen LogP contribution in [0.25, 0.3) is 0 Å². The third-order valence-electron chi connectivity index (χ3n) is 5.98. The van der Waals surface area contributed by atoms with E-state index >= 15 is 0 Å². The normalized spacial score (nSPS) is 54.1. The summed E-state index contributed by atoms with van der Waals surface area (Å²) in [5.74, 6) is 2.77. The minimum Gasteiger partial charge on any atom is -0.359 e. The summed E-state index contributed by atoms with van der Waals surface area (Å²) in [5, 5.41) is 2.92. The fourth-order valence-corrected chi connectivity index (χ4v) is 5.36. The van der Waals surface area contributed by atoms with E-state index in [1.165, 1.54) is 12.8 Å². The Hall–Kier alpha value is -0.530. The van der Waals surface area contributed by atoms with Gasteiger partial charge in [-0.2, -0.15) is 0 Å². The van der Waals surface area contributed by atoms with Crippen molar-refractivity contribution in [2.24, 2.45) is 28.6 Å². The number of carbonyl (C=O) groups excluding carboxylic acids is 1. The van der Waals surface area contributed by atoms with Crippen LogP contribution in [0.2, 0.25) is 0 Å². The molecule has 0 aromatic carbocycles. The van der Waals surface area contributed by atoms with Crippen LogP contribution in [0.1, 0.15) is 46.0 Å².